The third-order valence-electron chi connectivity index (χ3n) is 2.65. The van der Waals surface area contributed by atoms with Crippen molar-refractivity contribution in [1.29, 1.82) is 0 Å². The molecule has 0 fully saturated rings. The van der Waals surface area contributed by atoms with Gasteiger partial charge in [0.1, 0.15) is 11.6 Å². The third kappa shape index (κ3) is 3.27. The van der Waals surface area contributed by atoms with Gasteiger partial charge in [-0.2, -0.15) is 0 Å². The minimum absolute atomic E-state index is 0.0722. The first-order valence-corrected chi connectivity index (χ1v) is 5.65. The molecule has 106 valence electrons. The number of aliphatic hydroxyl groups excluding tert-OH is 1. The van der Waals surface area contributed by atoms with Crippen molar-refractivity contribution in [3.05, 3.63) is 53.8 Å². The molecule has 0 bridgehead atoms. The van der Waals surface area contributed by atoms with Gasteiger partial charge in [-0.1, -0.05) is 30.3 Å². The van der Waals surface area contributed by atoms with Crippen molar-refractivity contribution in [1.82, 2.24) is 0 Å². The van der Waals surface area contributed by atoms with Crippen LogP contribution in [0.1, 0.15) is 5.56 Å². The highest BCUT2D eigenvalue weighted by Gasteiger charge is 2.32. The fraction of sp³-hybridized carbons (Fsp3) is 0.143. The van der Waals surface area contributed by atoms with Crippen molar-refractivity contribution in [2.45, 2.75) is 13.0 Å². The van der Waals surface area contributed by atoms with E-state index in [1.165, 1.54) is 30.3 Å². The average Bonchev–Trinajstić information content (AvgIpc) is 2.37. The van der Waals surface area contributed by atoms with Crippen LogP contribution in [0.15, 0.2) is 42.5 Å². The molecule has 0 spiro atoms. The highest BCUT2D eigenvalue weighted by Crippen LogP contribution is 2.34. The largest absolute Gasteiger partial charge is 0.573 e. The van der Waals surface area contributed by atoms with Crippen LogP contribution in [0.25, 0.3) is 11.1 Å². The van der Waals surface area contributed by atoms with Crippen molar-refractivity contribution in [2.24, 2.45) is 0 Å². The predicted octanol–water partition coefficient (Wildman–Crippen LogP) is 3.88. The van der Waals surface area contributed by atoms with Gasteiger partial charge in [-0.15, -0.1) is 13.2 Å². The molecule has 0 aromatic heterocycles. The first-order valence-electron chi connectivity index (χ1n) is 5.65. The first-order chi connectivity index (χ1) is 9.40. The lowest BCUT2D eigenvalue weighted by Gasteiger charge is -2.13. The number of halogens is 4. The van der Waals surface area contributed by atoms with Crippen LogP contribution in [0.5, 0.6) is 5.75 Å². The molecule has 0 radical (unpaired) electrons. The molecule has 0 unspecified atom stereocenters. The number of aliphatic hydroxyl groups is 1. The summed E-state index contributed by atoms with van der Waals surface area (Å²) in [4.78, 5) is 0. The third-order valence-corrected chi connectivity index (χ3v) is 2.65. The second-order valence-corrected chi connectivity index (χ2v) is 4.01. The minimum atomic E-state index is -4.82. The molecule has 0 atom stereocenters. The molecule has 0 amide bonds. The summed E-state index contributed by atoms with van der Waals surface area (Å²) in [6.45, 7) is -0.479. The van der Waals surface area contributed by atoms with Gasteiger partial charge in [-0.3, -0.25) is 0 Å². The van der Waals surface area contributed by atoms with Gasteiger partial charge >= 0.3 is 6.36 Å². The lowest BCUT2D eigenvalue weighted by Crippen LogP contribution is -2.17. The zero-order chi connectivity index (χ0) is 14.8. The van der Waals surface area contributed by atoms with Crippen molar-refractivity contribution in [2.75, 3.05) is 0 Å². The number of para-hydroxylation sites is 1. The molecule has 2 aromatic rings. The van der Waals surface area contributed by atoms with E-state index in [0.717, 1.165) is 12.1 Å². The highest BCUT2D eigenvalue weighted by molar-refractivity contribution is 5.70. The number of hydrogen-bond acceptors (Lipinski definition) is 2. The maximum absolute atomic E-state index is 13.6. The van der Waals surface area contributed by atoms with Crippen molar-refractivity contribution >= 4 is 0 Å². The summed E-state index contributed by atoms with van der Waals surface area (Å²) in [6, 6.07) is 9.26. The molecule has 0 saturated carbocycles. The standard InChI is InChI=1S/C14H10F4O2/c15-12-7-9(5-6-10(12)8-19)11-3-1-2-4-13(11)20-14(16,17)18/h1-7,19H,8H2. The van der Waals surface area contributed by atoms with Crippen LogP contribution in [0, 0.1) is 5.82 Å². The molecule has 1 N–H and O–H groups in total. The second-order valence-electron chi connectivity index (χ2n) is 4.01. The van der Waals surface area contributed by atoms with E-state index >= 15 is 0 Å². The molecule has 20 heavy (non-hydrogen) atoms. The van der Waals surface area contributed by atoms with Gasteiger partial charge < -0.3 is 9.84 Å². The summed E-state index contributed by atoms with van der Waals surface area (Å²) in [5, 5.41) is 8.87. The van der Waals surface area contributed by atoms with E-state index in [9.17, 15) is 17.6 Å². The zero-order valence-corrected chi connectivity index (χ0v) is 10.1. The van der Waals surface area contributed by atoms with E-state index in [-0.39, 0.29) is 16.7 Å². The molecule has 0 aliphatic carbocycles. The van der Waals surface area contributed by atoms with Gasteiger partial charge in [0.15, 0.2) is 0 Å². The molecule has 0 heterocycles. The van der Waals surface area contributed by atoms with E-state index in [1.807, 2.05) is 0 Å². The van der Waals surface area contributed by atoms with Gasteiger partial charge in [0.2, 0.25) is 0 Å². The Morgan fingerprint density at radius 2 is 1.75 bits per heavy atom. The Labute approximate surface area is 112 Å². The van der Waals surface area contributed by atoms with Crippen LogP contribution in [-0.2, 0) is 6.61 Å². The summed E-state index contributed by atoms with van der Waals surface area (Å²) in [5.41, 5.74) is 0.427. The summed E-state index contributed by atoms with van der Waals surface area (Å²) in [6.07, 6.45) is -4.82. The van der Waals surface area contributed by atoms with E-state index in [1.54, 1.807) is 0 Å². The Kier molecular flexibility index (Phi) is 3.94. The van der Waals surface area contributed by atoms with Crippen LogP contribution in [0.3, 0.4) is 0 Å². The minimum Gasteiger partial charge on any atom is -0.405 e. The topological polar surface area (TPSA) is 29.5 Å². The lowest BCUT2D eigenvalue weighted by molar-refractivity contribution is -0.274. The smallest absolute Gasteiger partial charge is 0.405 e. The zero-order valence-electron chi connectivity index (χ0n) is 10.1. The Balaban J connectivity index is 2.45. The molecular weight excluding hydrogens is 276 g/mol. The van der Waals surface area contributed by atoms with Crippen molar-refractivity contribution < 1.29 is 27.4 Å². The summed E-state index contributed by atoms with van der Waals surface area (Å²) < 4.78 is 54.4. The van der Waals surface area contributed by atoms with Gasteiger partial charge in [0, 0.05) is 11.1 Å². The molecule has 6 heteroatoms. The van der Waals surface area contributed by atoms with Crippen LogP contribution < -0.4 is 4.74 Å². The maximum Gasteiger partial charge on any atom is 0.573 e. The fourth-order valence-electron chi connectivity index (χ4n) is 1.76. The van der Waals surface area contributed by atoms with Gasteiger partial charge in [-0.25, -0.2) is 4.39 Å². The highest BCUT2D eigenvalue weighted by atomic mass is 19.4. The fourth-order valence-corrected chi connectivity index (χ4v) is 1.76. The molecule has 2 rings (SSSR count). The van der Waals surface area contributed by atoms with Crippen LogP contribution in [0.4, 0.5) is 17.6 Å². The summed E-state index contributed by atoms with van der Waals surface area (Å²) >= 11 is 0. The Hall–Kier alpha value is -2.08. The van der Waals surface area contributed by atoms with Gasteiger partial charge in [-0.05, 0) is 17.7 Å². The van der Waals surface area contributed by atoms with Crippen LogP contribution in [0.2, 0.25) is 0 Å². The quantitative estimate of drug-likeness (QED) is 0.868. The van der Waals surface area contributed by atoms with Gasteiger partial charge in [0.25, 0.3) is 0 Å². The summed E-state index contributed by atoms with van der Waals surface area (Å²) in [7, 11) is 0. The molecule has 2 nitrogen and oxygen atoms in total. The van der Waals surface area contributed by atoms with Crippen molar-refractivity contribution in [3.8, 4) is 16.9 Å². The molecule has 0 aliphatic rings. The van der Waals surface area contributed by atoms with Crippen molar-refractivity contribution in [3.63, 3.8) is 0 Å². The first kappa shape index (κ1) is 14.3. The number of rotatable bonds is 3. The molecule has 0 aliphatic heterocycles. The number of alkyl halides is 3. The van der Waals surface area contributed by atoms with E-state index in [4.69, 9.17) is 5.11 Å². The number of benzene rings is 2. The number of ether oxygens (including phenoxy) is 1. The second kappa shape index (κ2) is 5.50. The van der Waals surface area contributed by atoms with Crippen LogP contribution in [-0.4, -0.2) is 11.5 Å². The normalized spacial score (nSPS) is 11.4. The van der Waals surface area contributed by atoms with E-state index in [2.05, 4.69) is 4.74 Å². The Bertz CT molecular complexity index is 608. The molecule has 0 saturated heterocycles. The van der Waals surface area contributed by atoms with E-state index < -0.39 is 24.5 Å². The SMILES string of the molecule is OCc1ccc(-c2ccccc2OC(F)(F)F)cc1F. The number of hydrogen-bond donors (Lipinski definition) is 1. The molecular formula is C14H10F4O2. The van der Waals surface area contributed by atoms with Gasteiger partial charge in [0.05, 0.1) is 6.61 Å². The Morgan fingerprint density at radius 3 is 2.35 bits per heavy atom. The maximum atomic E-state index is 13.6. The Morgan fingerprint density at radius 1 is 1.05 bits per heavy atom. The lowest BCUT2D eigenvalue weighted by atomic mass is 10.0. The van der Waals surface area contributed by atoms with Crippen LogP contribution >= 0.6 is 0 Å². The predicted molar refractivity (Wildman–Crippen MR) is 64.4 cm³/mol. The molecule has 2 aromatic carbocycles. The van der Waals surface area contributed by atoms with E-state index in [0.29, 0.717) is 0 Å². The monoisotopic (exact) mass is 286 g/mol. The average molecular weight is 286 g/mol. The summed E-state index contributed by atoms with van der Waals surface area (Å²) in [5.74, 6) is -1.09.